The molecular weight excluding hydrogens is 348 g/mol. The number of hydrogen-bond donors (Lipinski definition) is 0. The van der Waals surface area contributed by atoms with Gasteiger partial charge in [0.25, 0.3) is 5.56 Å². The second-order valence-electron chi connectivity index (χ2n) is 6.20. The summed E-state index contributed by atoms with van der Waals surface area (Å²) in [6, 6.07) is 9.02. The van der Waals surface area contributed by atoms with E-state index in [4.69, 9.17) is 4.74 Å². The fraction of sp³-hybridized carbons (Fsp3) is 0.350. The summed E-state index contributed by atoms with van der Waals surface area (Å²) in [6.07, 6.45) is 4.36. The van der Waals surface area contributed by atoms with E-state index in [0.29, 0.717) is 16.8 Å². The van der Waals surface area contributed by atoms with Crippen molar-refractivity contribution in [3.05, 3.63) is 52.4 Å². The van der Waals surface area contributed by atoms with Crippen LogP contribution in [-0.4, -0.2) is 22.1 Å². The number of aromatic nitrogens is 2. The molecule has 5 nitrogen and oxygen atoms in total. The van der Waals surface area contributed by atoms with Crippen LogP contribution in [0.2, 0.25) is 0 Å². The number of nitrogens with zero attached hydrogens (tertiary/aromatic N) is 2. The molecule has 0 N–H and O–H groups in total. The summed E-state index contributed by atoms with van der Waals surface area (Å²) in [5.74, 6) is -0.402. The van der Waals surface area contributed by atoms with Gasteiger partial charge in [-0.15, -0.1) is 11.3 Å². The van der Waals surface area contributed by atoms with E-state index >= 15 is 0 Å². The Morgan fingerprint density at radius 3 is 2.77 bits per heavy atom. The van der Waals surface area contributed by atoms with E-state index in [0.717, 1.165) is 30.4 Å². The summed E-state index contributed by atoms with van der Waals surface area (Å²) in [7, 11) is 0. The fourth-order valence-corrected chi connectivity index (χ4v) is 3.72. The van der Waals surface area contributed by atoms with Crippen LogP contribution in [-0.2, 0) is 9.53 Å². The van der Waals surface area contributed by atoms with Gasteiger partial charge < -0.3 is 4.74 Å². The van der Waals surface area contributed by atoms with Crippen molar-refractivity contribution in [2.75, 3.05) is 6.61 Å². The zero-order valence-electron chi connectivity index (χ0n) is 15.0. The number of esters is 1. The number of fused-ring (bicyclic) bond motifs is 1. The average molecular weight is 370 g/mol. The minimum absolute atomic E-state index is 0.215. The first-order valence-electron chi connectivity index (χ1n) is 8.84. The van der Waals surface area contributed by atoms with Crippen LogP contribution >= 0.6 is 11.3 Å². The van der Waals surface area contributed by atoms with Crippen molar-refractivity contribution < 1.29 is 9.53 Å². The van der Waals surface area contributed by atoms with Gasteiger partial charge in [0.2, 0.25) is 0 Å². The van der Waals surface area contributed by atoms with Crippen molar-refractivity contribution in [1.82, 2.24) is 9.55 Å². The number of unbranched alkanes of at least 4 members (excludes halogenated alkanes) is 2. The smallest absolute Gasteiger partial charge is 0.328 e. The maximum atomic E-state index is 13.0. The Kier molecular flexibility index (Phi) is 5.83. The lowest BCUT2D eigenvalue weighted by Gasteiger charge is -2.14. The molecule has 1 atom stereocenters. The quantitative estimate of drug-likeness (QED) is 0.456. The Morgan fingerprint density at radius 1 is 1.27 bits per heavy atom. The third-order valence-corrected chi connectivity index (χ3v) is 5.24. The molecule has 0 saturated heterocycles. The molecule has 0 aliphatic rings. The highest BCUT2D eigenvalue weighted by Crippen LogP contribution is 2.30. The minimum atomic E-state index is -0.704. The predicted octanol–water partition coefficient (Wildman–Crippen LogP) is 4.42. The molecule has 6 heteroatoms. The highest BCUT2D eigenvalue weighted by molar-refractivity contribution is 7.17. The number of ether oxygens (including phenoxy) is 1. The summed E-state index contributed by atoms with van der Waals surface area (Å²) < 4.78 is 6.66. The molecule has 0 aliphatic carbocycles. The lowest BCUT2D eigenvalue weighted by Crippen LogP contribution is -2.29. The van der Waals surface area contributed by atoms with Crippen molar-refractivity contribution in [2.45, 2.75) is 39.2 Å². The lowest BCUT2D eigenvalue weighted by molar-refractivity contribution is -0.147. The van der Waals surface area contributed by atoms with Crippen LogP contribution < -0.4 is 5.56 Å². The maximum Gasteiger partial charge on any atom is 0.328 e. The Balaban J connectivity index is 1.91. The van der Waals surface area contributed by atoms with Gasteiger partial charge in [-0.25, -0.2) is 9.78 Å². The maximum absolute atomic E-state index is 13.0. The molecule has 26 heavy (non-hydrogen) atoms. The fourth-order valence-electron chi connectivity index (χ4n) is 2.81. The van der Waals surface area contributed by atoms with Gasteiger partial charge in [-0.1, -0.05) is 50.1 Å². The molecule has 2 aromatic heterocycles. The Labute approximate surface area is 156 Å². The average Bonchev–Trinajstić information content (AvgIpc) is 3.10. The van der Waals surface area contributed by atoms with E-state index in [9.17, 15) is 9.59 Å². The number of thiophene rings is 1. The third-order valence-electron chi connectivity index (χ3n) is 4.35. The van der Waals surface area contributed by atoms with E-state index in [2.05, 4.69) is 11.9 Å². The molecule has 0 bridgehead atoms. The van der Waals surface area contributed by atoms with Gasteiger partial charge in [0.05, 0.1) is 18.3 Å². The molecule has 3 rings (SSSR count). The molecule has 2 heterocycles. The summed E-state index contributed by atoms with van der Waals surface area (Å²) in [6.45, 7) is 4.15. The van der Waals surface area contributed by atoms with E-state index in [-0.39, 0.29) is 5.56 Å². The normalized spacial score (nSPS) is 12.2. The first kappa shape index (κ1) is 18.3. The van der Waals surface area contributed by atoms with Gasteiger partial charge in [-0.2, -0.15) is 0 Å². The molecule has 1 aromatic carbocycles. The van der Waals surface area contributed by atoms with Gasteiger partial charge in [0.15, 0.2) is 0 Å². The molecule has 0 spiro atoms. The first-order valence-corrected chi connectivity index (χ1v) is 9.71. The molecule has 0 saturated carbocycles. The van der Waals surface area contributed by atoms with Crippen molar-refractivity contribution in [2.24, 2.45) is 0 Å². The molecular formula is C20H22N2O3S. The molecule has 136 valence electrons. The van der Waals surface area contributed by atoms with Crippen LogP contribution in [0.3, 0.4) is 0 Å². The van der Waals surface area contributed by atoms with E-state index in [1.54, 1.807) is 6.92 Å². The summed E-state index contributed by atoms with van der Waals surface area (Å²) in [4.78, 5) is 30.4. The number of carbonyl (C=O) groups is 1. The first-order chi connectivity index (χ1) is 12.6. The van der Waals surface area contributed by atoms with Crippen molar-refractivity contribution in [1.29, 1.82) is 0 Å². The topological polar surface area (TPSA) is 61.2 Å². The Bertz CT molecular complexity index is 947. The zero-order chi connectivity index (χ0) is 18.5. The van der Waals surface area contributed by atoms with Crippen LogP contribution in [0.25, 0.3) is 21.3 Å². The van der Waals surface area contributed by atoms with Crippen LogP contribution in [0.5, 0.6) is 0 Å². The molecule has 0 radical (unpaired) electrons. The summed E-state index contributed by atoms with van der Waals surface area (Å²) in [5, 5.41) is 2.49. The second-order valence-corrected chi connectivity index (χ2v) is 7.06. The van der Waals surface area contributed by atoms with Gasteiger partial charge in [0.1, 0.15) is 10.9 Å². The molecule has 0 fully saturated rings. The van der Waals surface area contributed by atoms with Crippen LogP contribution in [0.4, 0.5) is 0 Å². The Hall–Kier alpha value is -2.47. The third kappa shape index (κ3) is 3.70. The zero-order valence-corrected chi connectivity index (χ0v) is 15.8. The number of rotatable bonds is 7. The SMILES string of the molecule is CCCCCOC(=O)[C@@H](C)n1cnc2scc(-c3ccccc3)c2c1=O. The van der Waals surface area contributed by atoms with E-state index in [1.165, 1.54) is 22.2 Å². The van der Waals surface area contributed by atoms with E-state index < -0.39 is 12.0 Å². The highest BCUT2D eigenvalue weighted by atomic mass is 32.1. The number of carbonyl (C=O) groups excluding carboxylic acids is 1. The van der Waals surface area contributed by atoms with Crippen molar-refractivity contribution >= 4 is 27.5 Å². The molecule has 0 unspecified atom stereocenters. The van der Waals surface area contributed by atoms with Crippen LogP contribution in [0.15, 0.2) is 46.8 Å². The number of benzene rings is 1. The largest absolute Gasteiger partial charge is 0.464 e. The monoisotopic (exact) mass is 370 g/mol. The Morgan fingerprint density at radius 2 is 2.04 bits per heavy atom. The van der Waals surface area contributed by atoms with Gasteiger partial charge in [-0.3, -0.25) is 9.36 Å². The van der Waals surface area contributed by atoms with Gasteiger partial charge in [0, 0.05) is 10.9 Å². The number of hydrogen-bond acceptors (Lipinski definition) is 5. The molecule has 0 amide bonds. The summed E-state index contributed by atoms with van der Waals surface area (Å²) >= 11 is 1.43. The summed E-state index contributed by atoms with van der Waals surface area (Å²) in [5.41, 5.74) is 1.60. The standard InChI is InChI=1S/C20H22N2O3S/c1-3-4-8-11-25-20(24)14(2)22-13-21-18-17(19(22)23)16(12-26-18)15-9-6-5-7-10-15/h5-7,9-10,12-14H,3-4,8,11H2,1-2H3/t14-/m1/s1. The molecule has 3 aromatic rings. The second kappa shape index (κ2) is 8.27. The lowest BCUT2D eigenvalue weighted by atomic mass is 10.1. The minimum Gasteiger partial charge on any atom is -0.464 e. The van der Waals surface area contributed by atoms with E-state index in [1.807, 2.05) is 35.7 Å². The van der Waals surface area contributed by atoms with Crippen molar-refractivity contribution in [3.8, 4) is 11.1 Å². The van der Waals surface area contributed by atoms with Crippen LogP contribution in [0, 0.1) is 0 Å². The molecule has 0 aliphatic heterocycles. The van der Waals surface area contributed by atoms with Gasteiger partial charge >= 0.3 is 5.97 Å². The predicted molar refractivity (Wildman–Crippen MR) is 105 cm³/mol. The van der Waals surface area contributed by atoms with Crippen molar-refractivity contribution in [3.63, 3.8) is 0 Å². The van der Waals surface area contributed by atoms with Crippen LogP contribution in [0.1, 0.15) is 39.2 Å². The van der Waals surface area contributed by atoms with Gasteiger partial charge in [-0.05, 0) is 18.9 Å². The highest BCUT2D eigenvalue weighted by Gasteiger charge is 2.21.